The van der Waals surface area contributed by atoms with Gasteiger partial charge < -0.3 is 19.2 Å². The van der Waals surface area contributed by atoms with Crippen LogP contribution < -0.4 is 4.74 Å². The molecule has 25 heavy (non-hydrogen) atoms. The molecule has 0 saturated heterocycles. The highest BCUT2D eigenvalue weighted by atomic mass is 19.4. The van der Waals surface area contributed by atoms with Crippen LogP contribution in [0.5, 0.6) is 5.75 Å². The van der Waals surface area contributed by atoms with Crippen molar-refractivity contribution >= 4 is 11.9 Å². The summed E-state index contributed by atoms with van der Waals surface area (Å²) in [5.74, 6) is -2.52. The first-order valence-electron chi connectivity index (χ1n) is 7.17. The van der Waals surface area contributed by atoms with Gasteiger partial charge in [-0.15, -0.1) is 13.2 Å². The van der Waals surface area contributed by atoms with Crippen molar-refractivity contribution < 1.29 is 37.0 Å². The molecule has 1 heterocycles. The minimum Gasteiger partial charge on any atom is -0.480 e. The first-order chi connectivity index (χ1) is 11.7. The lowest BCUT2D eigenvalue weighted by molar-refractivity contribution is -0.274. The quantitative estimate of drug-likeness (QED) is 0.857. The molecule has 0 aliphatic heterocycles. The molecule has 0 saturated carbocycles. The zero-order valence-electron chi connectivity index (χ0n) is 13.0. The van der Waals surface area contributed by atoms with Gasteiger partial charge in [0, 0.05) is 6.54 Å². The first-order valence-corrected chi connectivity index (χ1v) is 7.17. The van der Waals surface area contributed by atoms with E-state index in [0.717, 1.165) is 11.0 Å². The van der Waals surface area contributed by atoms with E-state index in [9.17, 15) is 22.8 Å². The Kier molecular flexibility index (Phi) is 5.35. The molecule has 0 aliphatic carbocycles. The minimum atomic E-state index is -4.87. The van der Waals surface area contributed by atoms with E-state index in [0.29, 0.717) is 0 Å². The number of halogens is 3. The van der Waals surface area contributed by atoms with E-state index in [4.69, 9.17) is 9.52 Å². The van der Waals surface area contributed by atoms with Crippen LogP contribution in [0.2, 0.25) is 0 Å². The number of rotatable bonds is 6. The number of carboxylic acids is 1. The number of hydrogen-bond acceptors (Lipinski definition) is 4. The molecule has 0 spiro atoms. The van der Waals surface area contributed by atoms with Crippen LogP contribution >= 0.6 is 0 Å². The van der Waals surface area contributed by atoms with E-state index in [2.05, 4.69) is 4.74 Å². The second kappa shape index (κ2) is 7.29. The fraction of sp³-hybridized carbons (Fsp3) is 0.250. The van der Waals surface area contributed by atoms with Crippen LogP contribution in [0.1, 0.15) is 17.5 Å². The number of ether oxygens (including phenoxy) is 1. The van der Waals surface area contributed by atoms with Crippen LogP contribution in [-0.2, 0) is 4.79 Å². The van der Waals surface area contributed by atoms with Crippen molar-refractivity contribution in [2.45, 2.75) is 13.3 Å². The number of benzene rings is 1. The van der Waals surface area contributed by atoms with Gasteiger partial charge in [0.25, 0.3) is 5.91 Å². The Hall–Kier alpha value is -2.97. The predicted octanol–water partition coefficient (Wildman–Crippen LogP) is 3.39. The Bertz CT molecular complexity index is 769. The molecule has 9 heteroatoms. The smallest absolute Gasteiger partial charge is 0.480 e. The Morgan fingerprint density at radius 1 is 1.20 bits per heavy atom. The number of furan rings is 1. The lowest BCUT2D eigenvalue weighted by atomic mass is 10.1. The van der Waals surface area contributed by atoms with E-state index >= 15 is 0 Å². The van der Waals surface area contributed by atoms with Crippen molar-refractivity contribution in [2.75, 3.05) is 13.1 Å². The summed E-state index contributed by atoms with van der Waals surface area (Å²) in [6.45, 7) is 1.21. The summed E-state index contributed by atoms with van der Waals surface area (Å²) >= 11 is 0. The molecule has 6 nitrogen and oxygen atoms in total. The fourth-order valence-electron chi connectivity index (χ4n) is 2.13. The summed E-state index contributed by atoms with van der Waals surface area (Å²) in [5, 5.41) is 8.79. The highest BCUT2D eigenvalue weighted by molar-refractivity contribution is 5.94. The van der Waals surface area contributed by atoms with Gasteiger partial charge >= 0.3 is 12.3 Å². The number of carbonyl (C=O) groups is 2. The molecule has 2 aromatic rings. The summed E-state index contributed by atoms with van der Waals surface area (Å²) in [6, 6.07) is 7.92. The number of likely N-dealkylation sites (N-methyl/N-ethyl adjacent to an activating group) is 1. The molecule has 1 N–H and O–H groups in total. The van der Waals surface area contributed by atoms with Crippen molar-refractivity contribution in [3.8, 4) is 17.1 Å². The number of amides is 1. The maximum Gasteiger partial charge on any atom is 0.573 e. The van der Waals surface area contributed by atoms with E-state index in [1.54, 1.807) is 6.92 Å². The molecule has 0 unspecified atom stereocenters. The predicted molar refractivity (Wildman–Crippen MR) is 80.0 cm³/mol. The summed E-state index contributed by atoms with van der Waals surface area (Å²) in [6.07, 6.45) is -4.87. The molecule has 2 rings (SSSR count). The maximum absolute atomic E-state index is 12.5. The number of aliphatic carboxylic acids is 1. The van der Waals surface area contributed by atoms with Gasteiger partial charge in [0.15, 0.2) is 5.76 Å². The van der Waals surface area contributed by atoms with Gasteiger partial charge in [-0.1, -0.05) is 12.1 Å². The number of para-hydroxylation sites is 1. The van der Waals surface area contributed by atoms with Gasteiger partial charge in [-0.05, 0) is 31.2 Å². The van der Waals surface area contributed by atoms with Crippen molar-refractivity contribution in [1.29, 1.82) is 0 Å². The molecule has 1 aromatic carbocycles. The summed E-state index contributed by atoms with van der Waals surface area (Å²) in [7, 11) is 0. The highest BCUT2D eigenvalue weighted by Crippen LogP contribution is 2.34. The van der Waals surface area contributed by atoms with Crippen LogP contribution in [0.15, 0.2) is 40.8 Å². The van der Waals surface area contributed by atoms with Crippen LogP contribution in [0.25, 0.3) is 11.3 Å². The SMILES string of the molecule is CCN(CC(=O)O)C(=O)c1ccc(-c2ccccc2OC(F)(F)F)o1. The minimum absolute atomic E-state index is 0.00502. The van der Waals surface area contributed by atoms with Gasteiger partial charge in [-0.3, -0.25) is 9.59 Å². The highest BCUT2D eigenvalue weighted by Gasteiger charge is 2.32. The van der Waals surface area contributed by atoms with Crippen LogP contribution in [0.4, 0.5) is 13.2 Å². The second-order valence-electron chi connectivity index (χ2n) is 4.92. The average molecular weight is 357 g/mol. The third kappa shape index (κ3) is 4.75. The third-order valence-corrected chi connectivity index (χ3v) is 3.19. The van der Waals surface area contributed by atoms with Gasteiger partial charge in [0.2, 0.25) is 0 Å². The van der Waals surface area contributed by atoms with E-state index in [1.165, 1.54) is 30.3 Å². The number of hydrogen-bond donors (Lipinski definition) is 1. The summed E-state index contributed by atoms with van der Waals surface area (Å²) < 4.78 is 46.7. The van der Waals surface area contributed by atoms with Crippen LogP contribution in [0, 0.1) is 0 Å². The molecule has 0 bridgehead atoms. The van der Waals surface area contributed by atoms with Gasteiger partial charge in [0.1, 0.15) is 18.1 Å². The topological polar surface area (TPSA) is 80.0 Å². The molecule has 0 atom stereocenters. The Morgan fingerprint density at radius 2 is 1.88 bits per heavy atom. The molecule has 0 aliphatic rings. The van der Waals surface area contributed by atoms with Crippen molar-refractivity contribution in [3.63, 3.8) is 0 Å². The molecule has 134 valence electrons. The van der Waals surface area contributed by atoms with E-state index in [1.807, 2.05) is 0 Å². The zero-order valence-corrected chi connectivity index (χ0v) is 13.0. The monoisotopic (exact) mass is 357 g/mol. The lowest BCUT2D eigenvalue weighted by Gasteiger charge is -2.16. The number of carboxylic acid groups (broad SMARTS) is 1. The zero-order chi connectivity index (χ0) is 18.6. The maximum atomic E-state index is 12.5. The Labute approximate surface area is 140 Å². The van der Waals surface area contributed by atoms with Crippen LogP contribution in [-0.4, -0.2) is 41.3 Å². The number of alkyl halides is 3. The largest absolute Gasteiger partial charge is 0.573 e. The van der Waals surface area contributed by atoms with Crippen molar-refractivity contribution in [2.24, 2.45) is 0 Å². The summed E-state index contributed by atoms with van der Waals surface area (Å²) in [4.78, 5) is 24.0. The fourth-order valence-corrected chi connectivity index (χ4v) is 2.13. The van der Waals surface area contributed by atoms with Gasteiger partial charge in [-0.25, -0.2) is 0 Å². The average Bonchev–Trinajstić information content (AvgIpc) is 3.00. The first kappa shape index (κ1) is 18.4. The van der Waals surface area contributed by atoms with Crippen molar-refractivity contribution in [3.05, 3.63) is 42.2 Å². The van der Waals surface area contributed by atoms with Gasteiger partial charge in [0.05, 0.1) is 5.56 Å². The lowest BCUT2D eigenvalue weighted by Crippen LogP contribution is -2.35. The number of nitrogens with zero attached hydrogens (tertiary/aromatic N) is 1. The standard InChI is InChI=1S/C16H14F3NO5/c1-2-20(9-14(21)22)15(23)13-8-7-11(24-13)10-5-3-4-6-12(10)25-16(17,18)19/h3-8H,2,9H2,1H3,(H,21,22). The Morgan fingerprint density at radius 3 is 2.48 bits per heavy atom. The second-order valence-corrected chi connectivity index (χ2v) is 4.92. The molecular weight excluding hydrogens is 343 g/mol. The van der Waals surface area contributed by atoms with E-state index < -0.39 is 30.5 Å². The molecule has 0 fully saturated rings. The van der Waals surface area contributed by atoms with Crippen LogP contribution in [0.3, 0.4) is 0 Å². The molecule has 1 aromatic heterocycles. The Balaban J connectivity index is 2.30. The van der Waals surface area contributed by atoms with E-state index in [-0.39, 0.29) is 23.6 Å². The number of carbonyl (C=O) groups excluding carboxylic acids is 1. The molecule has 1 amide bonds. The molecular formula is C16H14F3NO5. The third-order valence-electron chi connectivity index (χ3n) is 3.19. The van der Waals surface area contributed by atoms with Crippen molar-refractivity contribution in [1.82, 2.24) is 4.90 Å². The molecule has 0 radical (unpaired) electrons. The van der Waals surface area contributed by atoms with Gasteiger partial charge in [-0.2, -0.15) is 0 Å². The normalized spacial score (nSPS) is 11.2. The summed E-state index contributed by atoms with van der Waals surface area (Å²) in [5.41, 5.74) is 0.0140.